The highest BCUT2D eigenvalue weighted by atomic mass is 16.6. The monoisotopic (exact) mass is 887 g/mol. The fourth-order valence-corrected chi connectivity index (χ4v) is 6.43. The molecule has 0 aliphatic carbocycles. The van der Waals surface area contributed by atoms with Gasteiger partial charge >= 0.3 is 0 Å². The number of hydrogen-bond donors (Lipinski definition) is 0. The van der Waals surface area contributed by atoms with Crippen molar-refractivity contribution in [1.82, 2.24) is 0 Å². The van der Waals surface area contributed by atoms with Gasteiger partial charge in [0.15, 0.2) is 0 Å². The van der Waals surface area contributed by atoms with Gasteiger partial charge in [-0.15, -0.1) is 0 Å². The van der Waals surface area contributed by atoms with Crippen LogP contribution in [-0.2, 0) is 58.5 Å². The highest BCUT2D eigenvalue weighted by Crippen LogP contribution is 2.16. The molecule has 12 nitrogen and oxygen atoms in total. The lowest BCUT2D eigenvalue weighted by atomic mass is 10.0. The minimum atomic E-state index is 0.516. The van der Waals surface area contributed by atoms with Crippen molar-refractivity contribution >= 4 is 0 Å². The van der Waals surface area contributed by atoms with E-state index in [1.54, 1.807) is 0 Å². The number of rotatable bonds is 54. The molecule has 366 valence electrons. The molecule has 0 radical (unpaired) electrons. The van der Waals surface area contributed by atoms with E-state index < -0.39 is 0 Å². The zero-order valence-electron chi connectivity index (χ0n) is 39.9. The standard InChI is InChI=1S/C50H94O12/c1-3-5-7-9-11-12-13-14-16-18-20-26-51-27-28-52-29-30-53-31-32-54-33-34-55-35-36-56-37-38-57-39-40-58-41-42-59-43-44-60-45-46-61-47-48-62-50-24-22-49(23-25-50)21-19-17-15-10-8-6-4-2/h22-25H,3-21,26-48H2,1-2H3. The second-order valence-electron chi connectivity index (χ2n) is 15.6. The second kappa shape index (κ2) is 52.2. The Morgan fingerprint density at radius 3 is 0.790 bits per heavy atom. The van der Waals surface area contributed by atoms with Crippen LogP contribution < -0.4 is 4.74 Å². The molecule has 1 rings (SSSR count). The van der Waals surface area contributed by atoms with E-state index in [2.05, 4.69) is 38.1 Å². The topological polar surface area (TPSA) is 111 Å². The number of aryl methyl sites for hydroxylation is 1. The van der Waals surface area contributed by atoms with Crippen molar-refractivity contribution in [2.75, 3.05) is 152 Å². The van der Waals surface area contributed by atoms with Crippen LogP contribution in [0.5, 0.6) is 5.75 Å². The zero-order chi connectivity index (χ0) is 44.2. The van der Waals surface area contributed by atoms with Gasteiger partial charge in [-0.1, -0.05) is 129 Å². The van der Waals surface area contributed by atoms with Gasteiger partial charge in [0, 0.05) is 6.61 Å². The fraction of sp³-hybridized carbons (Fsp3) is 0.880. The average molecular weight is 887 g/mol. The molecule has 0 saturated heterocycles. The molecule has 0 saturated carbocycles. The van der Waals surface area contributed by atoms with Gasteiger partial charge in [0.2, 0.25) is 0 Å². The molecule has 0 fully saturated rings. The number of benzene rings is 1. The summed E-state index contributed by atoms with van der Waals surface area (Å²) in [5, 5.41) is 0. The summed E-state index contributed by atoms with van der Waals surface area (Å²) >= 11 is 0. The van der Waals surface area contributed by atoms with Gasteiger partial charge in [0.1, 0.15) is 12.4 Å². The van der Waals surface area contributed by atoms with E-state index in [1.165, 1.54) is 115 Å². The molecule has 0 spiro atoms. The lowest BCUT2D eigenvalue weighted by Gasteiger charge is -2.09. The SMILES string of the molecule is CCCCCCCCCCCCCOCCOCCOCCOCCOCCOCCOCCOCCOCCOCCOCCOc1ccc(CCCCCCCCC)cc1. The lowest BCUT2D eigenvalue weighted by molar-refractivity contribution is -0.0277. The molecule has 0 bridgehead atoms. The predicted molar refractivity (Wildman–Crippen MR) is 249 cm³/mol. The first-order valence-corrected chi connectivity index (χ1v) is 24.9. The van der Waals surface area contributed by atoms with E-state index in [0.29, 0.717) is 145 Å². The molecule has 0 aliphatic heterocycles. The van der Waals surface area contributed by atoms with Crippen LogP contribution >= 0.6 is 0 Å². The molecule has 0 aliphatic rings. The van der Waals surface area contributed by atoms with E-state index in [-0.39, 0.29) is 0 Å². The van der Waals surface area contributed by atoms with Crippen molar-refractivity contribution in [2.45, 2.75) is 136 Å². The lowest BCUT2D eigenvalue weighted by Crippen LogP contribution is -2.15. The van der Waals surface area contributed by atoms with Gasteiger partial charge in [0.05, 0.1) is 139 Å². The minimum absolute atomic E-state index is 0.516. The van der Waals surface area contributed by atoms with Crippen LogP contribution in [0.1, 0.15) is 135 Å². The first kappa shape index (κ1) is 58.6. The summed E-state index contributed by atoms with van der Waals surface area (Å²) in [6, 6.07) is 8.47. The van der Waals surface area contributed by atoms with E-state index in [1.807, 2.05) is 0 Å². The molecule has 0 amide bonds. The van der Waals surface area contributed by atoms with Crippen LogP contribution in [-0.4, -0.2) is 152 Å². The van der Waals surface area contributed by atoms with Crippen LogP contribution in [0.4, 0.5) is 0 Å². The Labute approximate surface area is 379 Å². The minimum Gasteiger partial charge on any atom is -0.491 e. The maximum absolute atomic E-state index is 5.80. The van der Waals surface area contributed by atoms with Crippen molar-refractivity contribution in [3.8, 4) is 5.75 Å². The first-order valence-electron chi connectivity index (χ1n) is 24.9. The number of ether oxygens (including phenoxy) is 12. The Morgan fingerprint density at radius 1 is 0.242 bits per heavy atom. The smallest absolute Gasteiger partial charge is 0.119 e. The molecule has 62 heavy (non-hydrogen) atoms. The third-order valence-corrected chi connectivity index (χ3v) is 10.1. The van der Waals surface area contributed by atoms with Crippen molar-refractivity contribution in [2.24, 2.45) is 0 Å². The summed E-state index contributed by atoms with van der Waals surface area (Å²) in [4.78, 5) is 0. The van der Waals surface area contributed by atoms with Gasteiger partial charge < -0.3 is 56.8 Å². The van der Waals surface area contributed by atoms with Crippen LogP contribution in [0, 0.1) is 0 Å². The van der Waals surface area contributed by atoms with Gasteiger partial charge in [0.25, 0.3) is 0 Å². The Bertz CT molecular complexity index is 956. The highest BCUT2D eigenvalue weighted by Gasteiger charge is 2.00. The van der Waals surface area contributed by atoms with Crippen LogP contribution in [0.3, 0.4) is 0 Å². The quantitative estimate of drug-likeness (QED) is 0.0581. The zero-order valence-corrected chi connectivity index (χ0v) is 39.9. The third kappa shape index (κ3) is 46.6. The average Bonchev–Trinajstić information content (AvgIpc) is 3.29. The molecule has 0 atom stereocenters. The predicted octanol–water partition coefficient (Wildman–Crippen LogP) is 9.85. The maximum atomic E-state index is 5.80. The largest absolute Gasteiger partial charge is 0.491 e. The van der Waals surface area contributed by atoms with Crippen molar-refractivity contribution in [1.29, 1.82) is 0 Å². The van der Waals surface area contributed by atoms with E-state index in [0.717, 1.165) is 25.2 Å². The molecule has 1 aromatic carbocycles. The van der Waals surface area contributed by atoms with E-state index in [4.69, 9.17) is 56.8 Å². The molecule has 0 unspecified atom stereocenters. The van der Waals surface area contributed by atoms with Crippen LogP contribution in [0.15, 0.2) is 24.3 Å². The maximum Gasteiger partial charge on any atom is 0.119 e. The van der Waals surface area contributed by atoms with Gasteiger partial charge in [-0.25, -0.2) is 0 Å². The second-order valence-corrected chi connectivity index (χ2v) is 15.6. The number of hydrogen-bond acceptors (Lipinski definition) is 12. The third-order valence-electron chi connectivity index (χ3n) is 10.1. The van der Waals surface area contributed by atoms with Crippen LogP contribution in [0.25, 0.3) is 0 Å². The van der Waals surface area contributed by atoms with E-state index in [9.17, 15) is 0 Å². The molecular weight excluding hydrogens is 793 g/mol. The van der Waals surface area contributed by atoms with Gasteiger partial charge in [-0.3, -0.25) is 0 Å². The summed E-state index contributed by atoms with van der Waals surface area (Å²) in [6.07, 6.45) is 25.4. The summed E-state index contributed by atoms with van der Waals surface area (Å²) < 4.78 is 67.0. The Morgan fingerprint density at radius 2 is 0.484 bits per heavy atom. The van der Waals surface area contributed by atoms with Crippen LogP contribution in [0.2, 0.25) is 0 Å². The molecule has 0 aromatic heterocycles. The molecular formula is C50H94O12. The molecule has 1 aromatic rings. The normalized spacial score (nSPS) is 11.6. The summed E-state index contributed by atoms with van der Waals surface area (Å²) in [5.41, 5.74) is 1.38. The summed E-state index contributed by atoms with van der Waals surface area (Å²) in [7, 11) is 0. The molecule has 12 heteroatoms. The number of unbranched alkanes of at least 4 members (excludes halogenated alkanes) is 16. The van der Waals surface area contributed by atoms with Crippen molar-refractivity contribution in [3.63, 3.8) is 0 Å². The fourth-order valence-electron chi connectivity index (χ4n) is 6.43. The highest BCUT2D eigenvalue weighted by molar-refractivity contribution is 5.27. The van der Waals surface area contributed by atoms with Gasteiger partial charge in [-0.05, 0) is 37.0 Å². The Balaban J connectivity index is 1.65. The molecule has 0 N–H and O–H groups in total. The van der Waals surface area contributed by atoms with E-state index >= 15 is 0 Å². The van der Waals surface area contributed by atoms with Crippen molar-refractivity contribution in [3.05, 3.63) is 29.8 Å². The van der Waals surface area contributed by atoms with Crippen molar-refractivity contribution < 1.29 is 56.8 Å². The summed E-state index contributed by atoms with van der Waals surface area (Å²) in [6.45, 7) is 17.2. The summed E-state index contributed by atoms with van der Waals surface area (Å²) in [5.74, 6) is 0.889. The Hall–Kier alpha value is -1.42. The Kier molecular flexibility index (Phi) is 49.3. The molecule has 0 heterocycles. The van der Waals surface area contributed by atoms with Gasteiger partial charge in [-0.2, -0.15) is 0 Å². The first-order chi connectivity index (χ1) is 30.9.